The van der Waals surface area contributed by atoms with E-state index in [1.54, 1.807) is 32.9 Å². The molecule has 10 heteroatoms. The van der Waals surface area contributed by atoms with Gasteiger partial charge in [-0.3, -0.25) is 24.0 Å². The topological polar surface area (TPSA) is 103 Å². The number of rotatable bonds is 2. The molecule has 2 saturated heterocycles. The highest BCUT2D eigenvalue weighted by Gasteiger charge is 2.37. The van der Waals surface area contributed by atoms with Crippen molar-refractivity contribution < 1.29 is 23.5 Å². The van der Waals surface area contributed by atoms with Crippen LogP contribution in [0.5, 0.6) is 0 Å². The number of hydrogen-bond acceptors (Lipinski definition) is 5. The fraction of sp³-hybridized carbons (Fsp3) is 0.524. The van der Waals surface area contributed by atoms with Crippen molar-refractivity contribution in [1.82, 2.24) is 19.4 Å². The number of carbonyl (C=O) groups excluding carboxylic acids is 3. The number of imidazole rings is 1. The number of nitrogens with one attached hydrogen (secondary N) is 1. The summed E-state index contributed by atoms with van der Waals surface area (Å²) in [6, 6.07) is 2.34. The minimum absolute atomic E-state index is 0.0999. The molecule has 2 aromatic rings. The molecule has 3 amide bonds. The molecular weight excluding hydrogens is 407 g/mol. The first-order chi connectivity index (χ1) is 14.5. The lowest BCUT2D eigenvalue weighted by Gasteiger charge is -2.40. The fourth-order valence-corrected chi connectivity index (χ4v) is 4.14. The minimum Gasteiger partial charge on any atom is -0.444 e. The van der Waals surface area contributed by atoms with E-state index in [2.05, 4.69) is 5.32 Å². The number of aryl methyl sites for hydroxylation is 1. The number of piperidine rings is 1. The van der Waals surface area contributed by atoms with Crippen LogP contribution in [0.4, 0.5) is 9.18 Å². The van der Waals surface area contributed by atoms with Crippen molar-refractivity contribution in [3.05, 3.63) is 34.0 Å². The predicted molar refractivity (Wildman–Crippen MR) is 109 cm³/mol. The average molecular weight is 432 g/mol. The molecule has 3 heterocycles. The van der Waals surface area contributed by atoms with Crippen molar-refractivity contribution >= 4 is 28.9 Å². The van der Waals surface area contributed by atoms with Crippen molar-refractivity contribution in [1.29, 1.82) is 0 Å². The number of likely N-dealkylation sites (tertiary alicyclic amines) is 1. The number of hydrogen-bond donors (Lipinski definition) is 1. The van der Waals surface area contributed by atoms with Crippen LogP contribution in [0.15, 0.2) is 16.9 Å². The number of halogens is 1. The third kappa shape index (κ3) is 3.60. The fourth-order valence-electron chi connectivity index (χ4n) is 4.14. The number of amides is 3. The molecule has 9 nitrogen and oxygen atoms in total. The second-order valence-electron chi connectivity index (χ2n) is 9.10. The molecule has 0 aliphatic carbocycles. The molecule has 166 valence electrons. The van der Waals surface area contributed by atoms with E-state index in [0.29, 0.717) is 24.2 Å². The summed E-state index contributed by atoms with van der Waals surface area (Å²) in [7, 11) is 1.45. The van der Waals surface area contributed by atoms with Crippen LogP contribution in [0.2, 0.25) is 0 Å². The molecule has 31 heavy (non-hydrogen) atoms. The van der Waals surface area contributed by atoms with Gasteiger partial charge in [-0.25, -0.2) is 14.0 Å². The van der Waals surface area contributed by atoms with Crippen molar-refractivity contribution in [2.24, 2.45) is 7.05 Å². The van der Waals surface area contributed by atoms with Gasteiger partial charge in [0, 0.05) is 32.5 Å². The van der Waals surface area contributed by atoms with Gasteiger partial charge in [0.25, 0.3) is 0 Å². The summed E-state index contributed by atoms with van der Waals surface area (Å²) in [4.78, 5) is 50.2. The lowest BCUT2D eigenvalue weighted by molar-refractivity contribution is -0.135. The number of fused-ring (bicyclic) bond motifs is 1. The summed E-state index contributed by atoms with van der Waals surface area (Å²) in [5.74, 6) is -1.71. The first kappa shape index (κ1) is 21.1. The molecule has 2 aliphatic heterocycles. The lowest BCUT2D eigenvalue weighted by atomic mass is 9.91. The van der Waals surface area contributed by atoms with E-state index in [9.17, 15) is 19.2 Å². The molecule has 0 bridgehead atoms. The zero-order valence-electron chi connectivity index (χ0n) is 17.9. The molecule has 0 radical (unpaired) electrons. The molecule has 1 atom stereocenters. The maximum atomic E-state index is 15.5. The highest BCUT2D eigenvalue weighted by molar-refractivity contribution is 6.00. The van der Waals surface area contributed by atoms with Gasteiger partial charge in [0.15, 0.2) is 5.82 Å². The summed E-state index contributed by atoms with van der Waals surface area (Å²) in [6.07, 6.45) is -0.148. The molecule has 1 unspecified atom stereocenters. The first-order valence-electron chi connectivity index (χ1n) is 10.2. The summed E-state index contributed by atoms with van der Waals surface area (Å²) in [5, 5.41) is 2.23. The molecule has 0 saturated carbocycles. The van der Waals surface area contributed by atoms with E-state index < -0.39 is 35.2 Å². The molecule has 0 spiro atoms. The van der Waals surface area contributed by atoms with Crippen LogP contribution in [-0.4, -0.2) is 50.6 Å². The Balaban J connectivity index is 1.63. The lowest BCUT2D eigenvalue weighted by Crippen LogP contribution is -2.50. The summed E-state index contributed by atoms with van der Waals surface area (Å²) in [5.41, 5.74) is -0.328. The van der Waals surface area contributed by atoms with Crippen LogP contribution in [0, 0.1) is 5.82 Å². The molecule has 1 aromatic heterocycles. The van der Waals surface area contributed by atoms with Gasteiger partial charge in [-0.1, -0.05) is 6.07 Å². The quantitative estimate of drug-likeness (QED) is 0.729. The van der Waals surface area contributed by atoms with Gasteiger partial charge in [-0.2, -0.15) is 0 Å². The van der Waals surface area contributed by atoms with Crippen LogP contribution >= 0.6 is 0 Å². The number of imide groups is 1. The van der Waals surface area contributed by atoms with Crippen molar-refractivity contribution in [2.45, 2.75) is 51.2 Å². The van der Waals surface area contributed by atoms with Crippen LogP contribution < -0.4 is 11.0 Å². The number of carbonyl (C=O) groups is 3. The Hall–Kier alpha value is -3.17. The second kappa shape index (κ2) is 7.21. The smallest absolute Gasteiger partial charge is 0.410 e. The van der Waals surface area contributed by atoms with Crippen molar-refractivity contribution in [3.8, 4) is 0 Å². The first-order valence-corrected chi connectivity index (χ1v) is 10.2. The number of nitrogens with zero attached hydrogens (tertiary/aromatic N) is 3. The zero-order valence-corrected chi connectivity index (χ0v) is 17.9. The van der Waals surface area contributed by atoms with Gasteiger partial charge in [-0.05, 0) is 38.8 Å². The third-order valence-electron chi connectivity index (χ3n) is 5.71. The van der Waals surface area contributed by atoms with Gasteiger partial charge in [0.05, 0.1) is 5.52 Å². The summed E-state index contributed by atoms with van der Waals surface area (Å²) < 4.78 is 23.2. The molecule has 2 fully saturated rings. The molecule has 4 rings (SSSR count). The minimum atomic E-state index is -0.870. The Morgan fingerprint density at radius 3 is 2.48 bits per heavy atom. The highest BCUT2D eigenvalue weighted by atomic mass is 19.1. The van der Waals surface area contributed by atoms with Gasteiger partial charge in [0.2, 0.25) is 11.8 Å². The van der Waals surface area contributed by atoms with E-state index >= 15 is 4.39 Å². The summed E-state index contributed by atoms with van der Waals surface area (Å²) in [6.45, 7) is 5.98. The zero-order chi connectivity index (χ0) is 22.7. The highest BCUT2D eigenvalue weighted by Crippen LogP contribution is 2.34. The largest absolute Gasteiger partial charge is 0.444 e. The van der Waals surface area contributed by atoms with E-state index in [4.69, 9.17) is 4.74 Å². The molecule has 1 aromatic carbocycles. The van der Waals surface area contributed by atoms with Crippen LogP contribution in [0.3, 0.4) is 0 Å². The van der Waals surface area contributed by atoms with E-state index in [-0.39, 0.29) is 30.2 Å². The monoisotopic (exact) mass is 432 g/mol. The Kier molecular flexibility index (Phi) is 4.90. The Morgan fingerprint density at radius 1 is 1.19 bits per heavy atom. The Morgan fingerprint density at radius 2 is 1.87 bits per heavy atom. The predicted octanol–water partition coefficient (Wildman–Crippen LogP) is 1.79. The van der Waals surface area contributed by atoms with Crippen molar-refractivity contribution in [2.75, 3.05) is 13.1 Å². The van der Waals surface area contributed by atoms with E-state index in [1.807, 2.05) is 0 Å². The summed E-state index contributed by atoms with van der Waals surface area (Å²) >= 11 is 0. The van der Waals surface area contributed by atoms with Gasteiger partial charge >= 0.3 is 11.8 Å². The van der Waals surface area contributed by atoms with Crippen LogP contribution in [0.1, 0.15) is 51.1 Å². The van der Waals surface area contributed by atoms with Gasteiger partial charge < -0.3 is 9.64 Å². The maximum absolute atomic E-state index is 15.5. The van der Waals surface area contributed by atoms with Gasteiger partial charge in [0.1, 0.15) is 17.2 Å². The number of benzene rings is 1. The molecule has 1 N–H and O–H groups in total. The van der Waals surface area contributed by atoms with Gasteiger partial charge in [-0.15, -0.1) is 0 Å². The van der Waals surface area contributed by atoms with Crippen molar-refractivity contribution in [3.63, 3.8) is 0 Å². The molecule has 2 aliphatic rings. The Labute approximate surface area is 177 Å². The van der Waals surface area contributed by atoms with Crippen LogP contribution in [-0.2, 0) is 21.4 Å². The molecular formula is C21H25FN4O5. The maximum Gasteiger partial charge on any atom is 0.410 e. The number of ether oxygens (including phenoxy) is 1. The SMILES string of the molecule is Cn1c(=O)n(C2CCC(=O)NC2=O)c2ccc(C3CN(C(=O)OC(C)(C)C)C3)c(F)c21. The third-order valence-corrected chi connectivity index (χ3v) is 5.71. The number of aromatic nitrogens is 2. The standard InChI is InChI=1S/C21H25FN4O5/c1-21(2,3)31-20(30)25-9-11(10-25)12-5-6-13-17(16(12)22)24(4)19(29)26(13)14-7-8-15(27)23-18(14)28/h5-6,11,14H,7-10H2,1-4H3,(H,23,27,28). The van der Waals surface area contributed by atoms with E-state index in [0.717, 1.165) is 0 Å². The normalized spacial score (nSPS) is 20.0. The second-order valence-corrected chi connectivity index (χ2v) is 9.10. The van der Waals surface area contributed by atoms with E-state index in [1.165, 1.54) is 21.1 Å². The average Bonchev–Trinajstić information content (AvgIpc) is 2.86. The van der Waals surface area contributed by atoms with Crippen LogP contribution in [0.25, 0.3) is 11.0 Å². The Bertz CT molecular complexity index is 1150.